The highest BCUT2D eigenvalue weighted by molar-refractivity contribution is 5.91. The van der Waals surface area contributed by atoms with Crippen molar-refractivity contribution in [1.29, 1.82) is 0 Å². The van der Waals surface area contributed by atoms with E-state index in [-0.39, 0.29) is 6.03 Å². The first kappa shape index (κ1) is 24.6. The molecule has 0 saturated carbocycles. The zero-order valence-electron chi connectivity index (χ0n) is 20.6. The molecule has 8 nitrogen and oxygen atoms in total. The van der Waals surface area contributed by atoms with E-state index in [1.165, 1.54) is 19.3 Å². The normalized spacial score (nSPS) is 13.9. The van der Waals surface area contributed by atoms with Gasteiger partial charge in [-0.2, -0.15) is 5.10 Å². The number of nitrogens with one attached hydrogen (secondary N) is 2. The van der Waals surface area contributed by atoms with Crippen LogP contribution in [0.25, 0.3) is 11.1 Å². The summed E-state index contributed by atoms with van der Waals surface area (Å²) in [6.45, 7) is 4.47. The highest BCUT2D eigenvalue weighted by atomic mass is 16.5. The summed E-state index contributed by atoms with van der Waals surface area (Å²) < 4.78 is 11.0. The summed E-state index contributed by atoms with van der Waals surface area (Å²) in [5.74, 6) is 1.39. The number of carbonyl (C=O) groups excluding carboxylic acids is 1. The minimum Gasteiger partial charge on any atom is -0.497 e. The second-order valence-corrected chi connectivity index (χ2v) is 8.86. The van der Waals surface area contributed by atoms with Gasteiger partial charge in [-0.1, -0.05) is 24.6 Å². The van der Waals surface area contributed by atoms with Gasteiger partial charge >= 0.3 is 6.03 Å². The number of hydrogen-bond donors (Lipinski definition) is 2. The summed E-state index contributed by atoms with van der Waals surface area (Å²) in [7, 11) is 3.26. The molecule has 2 heterocycles. The van der Waals surface area contributed by atoms with Crippen LogP contribution in [0.4, 0.5) is 10.5 Å². The molecule has 0 spiro atoms. The molecule has 1 fully saturated rings. The largest absolute Gasteiger partial charge is 0.497 e. The number of rotatable bonds is 10. The third-order valence-electron chi connectivity index (χ3n) is 6.42. The van der Waals surface area contributed by atoms with Gasteiger partial charge in [0.05, 0.1) is 26.1 Å². The number of nitrogens with zero attached hydrogens (tertiary/aromatic N) is 3. The summed E-state index contributed by atoms with van der Waals surface area (Å²) in [6, 6.07) is 13.4. The van der Waals surface area contributed by atoms with Crippen molar-refractivity contribution in [2.45, 2.75) is 32.2 Å². The van der Waals surface area contributed by atoms with E-state index >= 15 is 0 Å². The highest BCUT2D eigenvalue weighted by Gasteiger charge is 2.18. The van der Waals surface area contributed by atoms with Crippen LogP contribution in [0.15, 0.2) is 54.9 Å². The van der Waals surface area contributed by atoms with Crippen LogP contribution in [0.1, 0.15) is 31.2 Å². The van der Waals surface area contributed by atoms with Crippen LogP contribution < -0.4 is 14.8 Å². The number of H-pyrrole nitrogens is 1. The van der Waals surface area contributed by atoms with Crippen LogP contribution >= 0.6 is 0 Å². The quantitative estimate of drug-likeness (QED) is 0.429. The molecule has 0 bridgehead atoms. The topological polar surface area (TPSA) is 82.7 Å². The molecule has 4 rings (SSSR count). The van der Waals surface area contributed by atoms with Crippen molar-refractivity contribution in [1.82, 2.24) is 20.0 Å². The smallest absolute Gasteiger partial charge is 0.322 e. The van der Waals surface area contributed by atoms with Gasteiger partial charge in [0.1, 0.15) is 11.5 Å². The van der Waals surface area contributed by atoms with Gasteiger partial charge in [-0.05, 0) is 74.3 Å². The lowest BCUT2D eigenvalue weighted by molar-refractivity contribution is 0.192. The molecule has 3 aromatic rings. The van der Waals surface area contributed by atoms with E-state index in [2.05, 4.69) is 20.4 Å². The number of piperidine rings is 1. The number of urea groups is 1. The number of benzene rings is 2. The molecule has 0 atom stereocenters. The van der Waals surface area contributed by atoms with Gasteiger partial charge in [-0.25, -0.2) is 4.79 Å². The first-order chi connectivity index (χ1) is 17.2. The monoisotopic (exact) mass is 477 g/mol. The Balaban J connectivity index is 1.47. The van der Waals surface area contributed by atoms with Crippen LogP contribution in [0.2, 0.25) is 0 Å². The molecule has 0 aliphatic carbocycles. The first-order valence-corrected chi connectivity index (χ1v) is 12.2. The van der Waals surface area contributed by atoms with E-state index in [1.807, 2.05) is 53.6 Å². The molecular formula is C27H35N5O3. The van der Waals surface area contributed by atoms with Crippen molar-refractivity contribution >= 4 is 11.7 Å². The fraction of sp³-hybridized carbons (Fsp3) is 0.407. The summed E-state index contributed by atoms with van der Waals surface area (Å²) >= 11 is 0. The van der Waals surface area contributed by atoms with Gasteiger partial charge < -0.3 is 24.6 Å². The molecule has 35 heavy (non-hydrogen) atoms. The predicted octanol–water partition coefficient (Wildman–Crippen LogP) is 5.00. The zero-order chi connectivity index (χ0) is 24.5. The van der Waals surface area contributed by atoms with Gasteiger partial charge in [-0.15, -0.1) is 0 Å². The van der Waals surface area contributed by atoms with Crippen LogP contribution in [0.3, 0.4) is 0 Å². The Labute approximate surface area is 207 Å². The molecule has 2 aromatic carbocycles. The van der Waals surface area contributed by atoms with Gasteiger partial charge in [0.2, 0.25) is 0 Å². The first-order valence-electron chi connectivity index (χ1n) is 12.2. The third-order valence-corrected chi connectivity index (χ3v) is 6.42. The Hall–Kier alpha value is -3.52. The lowest BCUT2D eigenvalue weighted by atomic mass is 10.1. The van der Waals surface area contributed by atoms with Gasteiger partial charge in [-0.3, -0.25) is 5.10 Å². The minimum absolute atomic E-state index is 0.152. The van der Waals surface area contributed by atoms with Crippen molar-refractivity contribution in [3.8, 4) is 22.6 Å². The second-order valence-electron chi connectivity index (χ2n) is 8.86. The third kappa shape index (κ3) is 6.76. The lowest BCUT2D eigenvalue weighted by Gasteiger charge is -2.28. The lowest BCUT2D eigenvalue weighted by Crippen LogP contribution is -2.38. The van der Waals surface area contributed by atoms with Crippen molar-refractivity contribution in [2.75, 3.05) is 45.7 Å². The second kappa shape index (κ2) is 12.3. The predicted molar refractivity (Wildman–Crippen MR) is 138 cm³/mol. The van der Waals surface area contributed by atoms with Gasteiger partial charge in [0.25, 0.3) is 0 Å². The van der Waals surface area contributed by atoms with Crippen LogP contribution in [0, 0.1) is 0 Å². The Kier molecular flexibility index (Phi) is 8.62. The summed E-state index contributed by atoms with van der Waals surface area (Å²) in [4.78, 5) is 17.8. The SMILES string of the molecule is COc1cccc(CN(CCCN2CCCCC2)C(=O)Nc2ccc(-c3cn[nH]c3)cc2OC)c1. The van der Waals surface area contributed by atoms with Crippen molar-refractivity contribution in [3.63, 3.8) is 0 Å². The molecule has 1 aliphatic rings. The fourth-order valence-electron chi connectivity index (χ4n) is 4.49. The number of likely N-dealkylation sites (tertiary alicyclic amines) is 1. The maximum absolute atomic E-state index is 13.4. The molecule has 0 radical (unpaired) electrons. The van der Waals surface area contributed by atoms with Crippen LogP contribution in [-0.2, 0) is 6.54 Å². The molecule has 2 amide bonds. The Morgan fingerprint density at radius 1 is 1.09 bits per heavy atom. The number of ether oxygens (including phenoxy) is 2. The molecule has 1 aromatic heterocycles. The molecule has 1 saturated heterocycles. The van der Waals surface area contributed by atoms with E-state index in [0.29, 0.717) is 24.5 Å². The number of methoxy groups -OCH3 is 2. The summed E-state index contributed by atoms with van der Waals surface area (Å²) in [5, 5.41) is 9.90. The maximum atomic E-state index is 13.4. The van der Waals surface area contributed by atoms with E-state index in [9.17, 15) is 4.79 Å². The van der Waals surface area contributed by atoms with Crippen molar-refractivity contribution < 1.29 is 14.3 Å². The highest BCUT2D eigenvalue weighted by Crippen LogP contribution is 2.30. The summed E-state index contributed by atoms with van der Waals surface area (Å²) in [5.41, 5.74) is 3.58. The molecular weight excluding hydrogens is 442 g/mol. The number of aromatic amines is 1. The average Bonchev–Trinajstić information content (AvgIpc) is 3.44. The average molecular weight is 478 g/mol. The summed E-state index contributed by atoms with van der Waals surface area (Å²) in [6.07, 6.45) is 8.36. The van der Waals surface area contributed by atoms with Crippen molar-refractivity contribution in [3.05, 3.63) is 60.4 Å². The minimum atomic E-state index is -0.152. The van der Waals surface area contributed by atoms with Gasteiger partial charge in [0, 0.05) is 24.8 Å². The van der Waals surface area contributed by atoms with E-state index < -0.39 is 0 Å². The molecule has 8 heteroatoms. The fourth-order valence-corrected chi connectivity index (χ4v) is 4.49. The van der Waals surface area contributed by atoms with E-state index in [0.717, 1.165) is 48.5 Å². The van der Waals surface area contributed by atoms with E-state index in [4.69, 9.17) is 9.47 Å². The van der Waals surface area contributed by atoms with E-state index in [1.54, 1.807) is 20.4 Å². The molecule has 186 valence electrons. The standard InChI is InChI=1S/C27H35N5O3/c1-34-24-9-6-8-21(16-24)20-32(15-7-14-31-12-4-3-5-13-31)27(33)30-25-11-10-22(17-26(25)35-2)23-18-28-29-19-23/h6,8-11,16-19H,3-5,7,12-15,20H2,1-2H3,(H,28,29)(H,30,33). The molecule has 0 unspecified atom stereocenters. The van der Waals surface area contributed by atoms with Crippen LogP contribution in [0.5, 0.6) is 11.5 Å². The van der Waals surface area contributed by atoms with Crippen LogP contribution in [-0.4, -0.2) is 66.4 Å². The number of aromatic nitrogens is 2. The Morgan fingerprint density at radius 3 is 2.69 bits per heavy atom. The number of amides is 2. The number of anilines is 1. The Morgan fingerprint density at radius 2 is 1.94 bits per heavy atom. The maximum Gasteiger partial charge on any atom is 0.322 e. The van der Waals surface area contributed by atoms with Crippen molar-refractivity contribution in [2.24, 2.45) is 0 Å². The van der Waals surface area contributed by atoms with Gasteiger partial charge in [0.15, 0.2) is 0 Å². The number of hydrogen-bond acceptors (Lipinski definition) is 5. The zero-order valence-corrected chi connectivity index (χ0v) is 20.6. The molecule has 2 N–H and O–H groups in total. The Bertz CT molecular complexity index is 1080. The number of carbonyl (C=O) groups is 1. The molecule has 1 aliphatic heterocycles.